The van der Waals surface area contributed by atoms with Gasteiger partial charge in [-0.05, 0) is 18.4 Å². The number of urea groups is 1. The second-order valence-corrected chi connectivity index (χ2v) is 6.93. The molecule has 2 amide bonds. The van der Waals surface area contributed by atoms with E-state index in [1.807, 2.05) is 20.8 Å². The van der Waals surface area contributed by atoms with Gasteiger partial charge in [-0.3, -0.25) is 4.79 Å². The molecule has 1 heterocycles. The maximum atomic E-state index is 12.3. The van der Waals surface area contributed by atoms with Crippen LogP contribution >= 0.6 is 0 Å². The monoisotopic (exact) mass is 299 g/mol. The minimum atomic E-state index is -0.875. The zero-order valence-electron chi connectivity index (χ0n) is 13.7. The molecule has 6 nitrogen and oxygen atoms in total. The summed E-state index contributed by atoms with van der Waals surface area (Å²) in [5.41, 5.74) is -0.0195. The number of amides is 2. The molecule has 0 bridgehead atoms. The lowest BCUT2D eigenvalue weighted by Crippen LogP contribution is -2.53. The summed E-state index contributed by atoms with van der Waals surface area (Å²) in [7, 11) is 0. The van der Waals surface area contributed by atoms with E-state index in [1.165, 1.54) is 0 Å². The van der Waals surface area contributed by atoms with Crippen molar-refractivity contribution in [1.82, 2.24) is 15.1 Å². The second-order valence-electron chi connectivity index (χ2n) is 6.93. The molecule has 1 fully saturated rings. The molecule has 21 heavy (non-hydrogen) atoms. The number of carboxylic acid groups (broad SMARTS) is 1. The lowest BCUT2D eigenvalue weighted by atomic mass is 9.87. The second kappa shape index (κ2) is 7.64. The Morgan fingerprint density at radius 1 is 1.19 bits per heavy atom. The number of hydrogen-bond donors (Lipinski definition) is 2. The first-order valence-corrected chi connectivity index (χ1v) is 7.71. The van der Waals surface area contributed by atoms with Crippen molar-refractivity contribution in [3.63, 3.8) is 0 Å². The summed E-state index contributed by atoms with van der Waals surface area (Å²) in [6.45, 7) is 12.4. The number of nitrogens with zero attached hydrogens (tertiary/aromatic N) is 2. The van der Waals surface area contributed by atoms with E-state index in [-0.39, 0.29) is 23.9 Å². The zero-order valence-corrected chi connectivity index (χ0v) is 13.7. The van der Waals surface area contributed by atoms with Gasteiger partial charge in [-0.2, -0.15) is 0 Å². The molecule has 1 unspecified atom stereocenters. The number of rotatable bonds is 5. The highest BCUT2D eigenvalue weighted by Gasteiger charge is 2.26. The first-order valence-electron chi connectivity index (χ1n) is 7.71. The fourth-order valence-corrected chi connectivity index (χ4v) is 2.66. The Morgan fingerprint density at radius 2 is 1.76 bits per heavy atom. The van der Waals surface area contributed by atoms with Gasteiger partial charge in [-0.25, -0.2) is 4.79 Å². The van der Waals surface area contributed by atoms with Crippen molar-refractivity contribution in [3.05, 3.63) is 0 Å². The quantitative estimate of drug-likeness (QED) is 0.809. The van der Waals surface area contributed by atoms with Gasteiger partial charge in [0.25, 0.3) is 0 Å². The maximum Gasteiger partial charge on any atom is 0.317 e. The smallest absolute Gasteiger partial charge is 0.317 e. The van der Waals surface area contributed by atoms with Crippen molar-refractivity contribution < 1.29 is 14.7 Å². The number of carbonyl (C=O) groups is 2. The molecule has 0 aliphatic carbocycles. The minimum absolute atomic E-state index is 0.0195. The summed E-state index contributed by atoms with van der Waals surface area (Å²) in [4.78, 5) is 27.3. The fraction of sp³-hybridized carbons (Fsp3) is 0.867. The lowest BCUT2D eigenvalue weighted by molar-refractivity contribution is -0.137. The predicted octanol–water partition coefficient (Wildman–Crippen LogP) is 1.61. The van der Waals surface area contributed by atoms with Crippen LogP contribution in [0.4, 0.5) is 4.79 Å². The van der Waals surface area contributed by atoms with Crippen LogP contribution in [0.15, 0.2) is 0 Å². The van der Waals surface area contributed by atoms with Crippen LogP contribution < -0.4 is 5.32 Å². The molecule has 1 aliphatic heterocycles. The van der Waals surface area contributed by atoms with E-state index in [1.54, 1.807) is 4.90 Å². The third-order valence-electron chi connectivity index (χ3n) is 3.71. The van der Waals surface area contributed by atoms with E-state index in [9.17, 15) is 9.59 Å². The van der Waals surface area contributed by atoms with Crippen molar-refractivity contribution in [2.45, 2.75) is 46.6 Å². The molecular weight excluding hydrogens is 270 g/mol. The number of carboxylic acids is 1. The standard InChI is InChI=1S/C15H29N3O3/c1-5-17-6-8-18(9-7-17)14(21)16-12(10-13(19)20)11-15(2,3)4/h12H,5-11H2,1-4H3,(H,16,21)(H,19,20). The van der Waals surface area contributed by atoms with Gasteiger partial charge in [0.15, 0.2) is 0 Å². The third-order valence-corrected chi connectivity index (χ3v) is 3.71. The Balaban J connectivity index is 2.53. The first kappa shape index (κ1) is 17.8. The number of likely N-dealkylation sites (N-methyl/N-ethyl adjacent to an activating group) is 1. The van der Waals surface area contributed by atoms with Gasteiger partial charge in [-0.15, -0.1) is 0 Å². The largest absolute Gasteiger partial charge is 0.481 e. The summed E-state index contributed by atoms with van der Waals surface area (Å²) in [5.74, 6) is -0.875. The molecule has 0 radical (unpaired) electrons. The van der Waals surface area contributed by atoms with Gasteiger partial charge in [0, 0.05) is 32.2 Å². The van der Waals surface area contributed by atoms with Crippen LogP contribution in [0.25, 0.3) is 0 Å². The molecule has 0 aromatic carbocycles. The van der Waals surface area contributed by atoms with Crippen molar-refractivity contribution in [1.29, 1.82) is 0 Å². The molecule has 0 saturated carbocycles. The summed E-state index contributed by atoms with van der Waals surface area (Å²) >= 11 is 0. The minimum Gasteiger partial charge on any atom is -0.481 e. The normalized spacial score (nSPS) is 18.4. The molecule has 2 N–H and O–H groups in total. The van der Waals surface area contributed by atoms with Crippen LogP contribution in [0.2, 0.25) is 0 Å². The molecule has 0 aromatic heterocycles. The topological polar surface area (TPSA) is 72.9 Å². The zero-order chi connectivity index (χ0) is 16.0. The highest BCUT2D eigenvalue weighted by Crippen LogP contribution is 2.22. The van der Waals surface area contributed by atoms with Crippen LogP contribution in [0.3, 0.4) is 0 Å². The van der Waals surface area contributed by atoms with E-state index < -0.39 is 5.97 Å². The number of nitrogens with one attached hydrogen (secondary N) is 1. The van der Waals surface area contributed by atoms with Crippen molar-refractivity contribution >= 4 is 12.0 Å². The van der Waals surface area contributed by atoms with E-state index in [0.717, 1.165) is 19.6 Å². The Morgan fingerprint density at radius 3 is 2.19 bits per heavy atom. The molecule has 1 atom stereocenters. The molecular formula is C15H29N3O3. The number of carbonyl (C=O) groups excluding carboxylic acids is 1. The highest BCUT2D eigenvalue weighted by molar-refractivity contribution is 5.76. The first-order chi connectivity index (χ1) is 9.71. The summed E-state index contributed by atoms with van der Waals surface area (Å²) in [6, 6.07) is -0.458. The van der Waals surface area contributed by atoms with Gasteiger partial charge in [0.2, 0.25) is 0 Å². The van der Waals surface area contributed by atoms with E-state index in [0.29, 0.717) is 19.5 Å². The molecule has 1 rings (SSSR count). The molecule has 0 spiro atoms. The van der Waals surface area contributed by atoms with E-state index in [2.05, 4.69) is 17.1 Å². The lowest BCUT2D eigenvalue weighted by Gasteiger charge is -2.35. The Hall–Kier alpha value is -1.30. The van der Waals surface area contributed by atoms with Crippen LogP contribution in [0.5, 0.6) is 0 Å². The molecule has 122 valence electrons. The summed E-state index contributed by atoms with van der Waals surface area (Å²) in [6.07, 6.45) is 0.623. The average Bonchev–Trinajstić information content (AvgIpc) is 2.36. The van der Waals surface area contributed by atoms with E-state index in [4.69, 9.17) is 5.11 Å². The van der Waals surface area contributed by atoms with Gasteiger partial charge >= 0.3 is 12.0 Å². The van der Waals surface area contributed by atoms with Crippen molar-refractivity contribution in [3.8, 4) is 0 Å². The predicted molar refractivity (Wildman–Crippen MR) is 82.3 cm³/mol. The third kappa shape index (κ3) is 6.80. The SMILES string of the molecule is CCN1CCN(C(=O)NC(CC(=O)O)CC(C)(C)C)CC1. The molecule has 0 aromatic rings. The maximum absolute atomic E-state index is 12.3. The van der Waals surface area contributed by atoms with Gasteiger partial charge in [0.05, 0.1) is 6.42 Å². The van der Waals surface area contributed by atoms with Gasteiger partial charge in [0.1, 0.15) is 0 Å². The Kier molecular flexibility index (Phi) is 6.45. The van der Waals surface area contributed by atoms with Crippen LogP contribution in [0.1, 0.15) is 40.5 Å². The molecule has 1 aliphatic rings. The average molecular weight is 299 g/mol. The van der Waals surface area contributed by atoms with Gasteiger partial charge < -0.3 is 20.2 Å². The Labute approximate surface area is 127 Å². The summed E-state index contributed by atoms with van der Waals surface area (Å²) in [5, 5.41) is 11.9. The number of piperazine rings is 1. The highest BCUT2D eigenvalue weighted by atomic mass is 16.4. The summed E-state index contributed by atoms with van der Waals surface area (Å²) < 4.78 is 0. The van der Waals surface area contributed by atoms with E-state index >= 15 is 0 Å². The molecule has 1 saturated heterocycles. The van der Waals surface area contributed by atoms with Gasteiger partial charge in [-0.1, -0.05) is 27.7 Å². The van der Waals surface area contributed by atoms with Crippen molar-refractivity contribution in [2.24, 2.45) is 5.41 Å². The fourth-order valence-electron chi connectivity index (χ4n) is 2.66. The van der Waals surface area contributed by atoms with Crippen molar-refractivity contribution in [2.75, 3.05) is 32.7 Å². The number of hydrogen-bond acceptors (Lipinski definition) is 3. The number of aliphatic carboxylic acids is 1. The Bertz CT molecular complexity index is 358. The van der Waals surface area contributed by atoms with Crippen LogP contribution in [-0.4, -0.2) is 65.7 Å². The van der Waals surface area contributed by atoms with Crippen LogP contribution in [0, 0.1) is 5.41 Å². The van der Waals surface area contributed by atoms with Crippen LogP contribution in [-0.2, 0) is 4.79 Å². The molecule has 6 heteroatoms.